The number of nitrogens with one attached hydrogen (secondary N) is 1. The van der Waals surface area contributed by atoms with Gasteiger partial charge in [0.05, 0.1) is 23.6 Å². The Kier molecular flexibility index (Phi) is 11.4. The van der Waals surface area contributed by atoms with Crippen molar-refractivity contribution in [3.05, 3.63) is 58.5 Å². The second-order valence-electron chi connectivity index (χ2n) is 9.97. The Morgan fingerprint density at radius 3 is 2.38 bits per heavy atom. The van der Waals surface area contributed by atoms with Crippen LogP contribution in [-0.2, 0) is 28.6 Å². The van der Waals surface area contributed by atoms with Crippen LogP contribution in [0.3, 0.4) is 0 Å². The molecule has 2 bridgehead atoms. The van der Waals surface area contributed by atoms with Gasteiger partial charge in [0.2, 0.25) is 11.6 Å². The first-order chi connectivity index (χ1) is 18.3. The molecule has 0 aromatic carbocycles. The molecule has 0 unspecified atom stereocenters. The Morgan fingerprint density at radius 1 is 1.13 bits per heavy atom. The number of nitrogens with two attached hydrogens (primary N) is 2. The van der Waals surface area contributed by atoms with Crippen LogP contribution in [0.5, 0.6) is 0 Å². The molecule has 0 aromatic rings. The number of allylic oxidation sites excluding steroid dienone is 4. The average molecular weight is 549 g/mol. The van der Waals surface area contributed by atoms with Crippen molar-refractivity contribution < 1.29 is 38.5 Å². The number of hydrogen-bond donors (Lipinski definition) is 4. The number of Topliss-reactive ketones (excluding diaryl/α,β-unsaturated/α-hetero) is 1. The molecular weight excluding hydrogens is 509 g/mol. The van der Waals surface area contributed by atoms with Gasteiger partial charge < -0.3 is 36.1 Å². The van der Waals surface area contributed by atoms with Gasteiger partial charge in [-0.15, -0.1) is 0 Å². The number of fused-ring (bicyclic) bond motifs is 2. The van der Waals surface area contributed by atoms with E-state index in [1.54, 1.807) is 26.0 Å². The van der Waals surface area contributed by atoms with Gasteiger partial charge in [0, 0.05) is 37.4 Å². The number of carbonyl (C=O) groups is 4. The number of methoxy groups -OCH3 is 2. The van der Waals surface area contributed by atoms with Crippen molar-refractivity contribution in [2.75, 3.05) is 14.2 Å². The molecule has 0 saturated carbocycles. The maximum atomic E-state index is 13.2. The lowest BCUT2D eigenvalue weighted by Crippen LogP contribution is -2.37. The number of hydrogen-bond acceptors (Lipinski definition) is 9. The smallest absolute Gasteiger partial charge is 0.405 e. The zero-order chi connectivity index (χ0) is 29.4. The number of amides is 2. The summed E-state index contributed by atoms with van der Waals surface area (Å²) >= 11 is 0. The van der Waals surface area contributed by atoms with E-state index < -0.39 is 53.9 Å². The Labute approximate surface area is 228 Å². The highest BCUT2D eigenvalue weighted by molar-refractivity contribution is 6.23. The van der Waals surface area contributed by atoms with Crippen molar-refractivity contribution in [1.82, 2.24) is 5.32 Å². The monoisotopic (exact) mass is 548 g/mol. The fourth-order valence-electron chi connectivity index (χ4n) is 4.61. The molecule has 1 heterocycles. The number of aliphatic hydroxyl groups excluding tert-OH is 1. The predicted octanol–water partition coefficient (Wildman–Crippen LogP) is 1.72. The summed E-state index contributed by atoms with van der Waals surface area (Å²) in [5.74, 6) is -2.37. The molecule has 0 saturated heterocycles. The Morgan fingerprint density at radius 2 is 1.79 bits per heavy atom. The lowest BCUT2D eigenvalue weighted by atomic mass is 9.85. The predicted molar refractivity (Wildman–Crippen MR) is 144 cm³/mol. The summed E-state index contributed by atoms with van der Waals surface area (Å²) in [6.45, 7) is 6.89. The highest BCUT2D eigenvalue weighted by Gasteiger charge is 2.32. The summed E-state index contributed by atoms with van der Waals surface area (Å²) in [4.78, 5) is 50.1. The molecule has 11 heteroatoms. The van der Waals surface area contributed by atoms with E-state index in [1.807, 2.05) is 6.92 Å². The summed E-state index contributed by atoms with van der Waals surface area (Å²) < 4.78 is 16.4. The molecule has 0 spiro atoms. The second kappa shape index (κ2) is 14.0. The topological polar surface area (TPSA) is 180 Å². The number of primary amides is 1. The van der Waals surface area contributed by atoms with Crippen LogP contribution >= 0.6 is 0 Å². The molecule has 214 valence electrons. The van der Waals surface area contributed by atoms with Gasteiger partial charge in [-0.1, -0.05) is 38.2 Å². The third-order valence-electron chi connectivity index (χ3n) is 6.84. The van der Waals surface area contributed by atoms with Crippen molar-refractivity contribution in [2.45, 2.75) is 65.0 Å². The van der Waals surface area contributed by atoms with Crippen LogP contribution in [0, 0.1) is 11.8 Å². The fraction of sp³-hybridized carbons (Fsp3) is 0.500. The first kappa shape index (κ1) is 31.7. The summed E-state index contributed by atoms with van der Waals surface area (Å²) in [7, 11) is 2.90. The molecule has 1 aliphatic carbocycles. The molecule has 2 aliphatic rings. The Balaban J connectivity index is 2.58. The largest absolute Gasteiger partial charge is 0.439 e. The Hall–Kier alpha value is -3.54. The zero-order valence-electron chi connectivity index (χ0n) is 23.2. The number of ether oxygens (including phenoxy) is 3. The van der Waals surface area contributed by atoms with Crippen LogP contribution in [0.2, 0.25) is 0 Å². The molecule has 39 heavy (non-hydrogen) atoms. The maximum Gasteiger partial charge on any atom is 0.405 e. The van der Waals surface area contributed by atoms with E-state index in [-0.39, 0.29) is 34.9 Å². The fourth-order valence-corrected chi connectivity index (χ4v) is 4.61. The highest BCUT2D eigenvalue weighted by atomic mass is 16.7. The molecule has 6 N–H and O–H groups in total. The van der Waals surface area contributed by atoms with Gasteiger partial charge in [-0.2, -0.15) is 0 Å². The molecule has 0 radical (unpaired) electrons. The SMILES string of the molecule is CO[C@H]1C=CC=C(C)C(=O)NC2=CC(=O)C([15NH2])=C(C[C@@H](C)C[C@H](OC)[C@H](O)[C@@H](C)C=C(C)[C@@H]1O[13C]([15NH2])=O)C2=O. The lowest BCUT2D eigenvalue weighted by Gasteiger charge is -2.29. The standard InChI is InChI=1S/C28H39N3O8/c1-14-10-18-23(29)20(32)13-19(25(18)34)31-27(35)15(2)8-7-9-21(37-5)26(39-28(30)36)17(4)12-16(3)24(33)22(11-14)38-6/h7-9,12-14,16,21-22,24,26,33H,10-11,29H2,1-6H3,(H2,30,36)(H,31,35)/t14-,16+,21+,22+,24-,26+/m1/s1/i28+1,29+1,30+1. The minimum absolute atomic E-state index is 0.104. The normalized spacial score (nSPS) is 29.8. The molecule has 0 aromatic heterocycles. The number of ketones is 2. The van der Waals surface area contributed by atoms with Gasteiger partial charge in [0.25, 0.3) is 5.91 Å². The first-order valence-electron chi connectivity index (χ1n) is 12.6. The van der Waals surface area contributed by atoms with Gasteiger partial charge in [-0.3, -0.25) is 14.4 Å². The van der Waals surface area contributed by atoms with Crippen LogP contribution in [0.4, 0.5) is 4.79 Å². The molecule has 11 nitrogen and oxygen atoms in total. The summed E-state index contributed by atoms with van der Waals surface area (Å²) in [5, 5.41) is 13.6. The van der Waals surface area contributed by atoms with E-state index in [0.717, 1.165) is 6.08 Å². The van der Waals surface area contributed by atoms with Gasteiger partial charge >= 0.3 is 6.09 Å². The minimum atomic E-state index is -1.00. The van der Waals surface area contributed by atoms with E-state index in [2.05, 4.69) is 5.32 Å². The molecule has 2 amide bonds. The Bertz CT molecular complexity index is 1130. The van der Waals surface area contributed by atoms with Crippen LogP contribution in [0.15, 0.2) is 58.5 Å². The average Bonchev–Trinajstić information content (AvgIpc) is 2.88. The minimum Gasteiger partial charge on any atom is -0.439 e. The van der Waals surface area contributed by atoms with Crippen molar-refractivity contribution in [1.29, 1.82) is 0 Å². The summed E-state index contributed by atoms with van der Waals surface area (Å²) in [6, 6.07) is 0. The van der Waals surface area contributed by atoms with E-state index in [9.17, 15) is 24.3 Å². The maximum absolute atomic E-state index is 13.2. The third-order valence-corrected chi connectivity index (χ3v) is 6.84. The lowest BCUT2D eigenvalue weighted by molar-refractivity contribution is -0.120. The molecule has 1 aliphatic heterocycles. The molecular formula is C28H39N3O8. The van der Waals surface area contributed by atoms with Crippen LogP contribution in [0.25, 0.3) is 0 Å². The van der Waals surface area contributed by atoms with Crippen LogP contribution in [-0.4, -0.2) is 67.3 Å². The van der Waals surface area contributed by atoms with Gasteiger partial charge in [-0.25, -0.2) is 4.79 Å². The molecule has 0 fully saturated rings. The van der Waals surface area contributed by atoms with Crippen molar-refractivity contribution in [3.63, 3.8) is 0 Å². The number of aliphatic hydroxyl groups is 1. The van der Waals surface area contributed by atoms with Crippen molar-refractivity contribution in [3.8, 4) is 0 Å². The van der Waals surface area contributed by atoms with Crippen LogP contribution in [0.1, 0.15) is 40.5 Å². The van der Waals surface area contributed by atoms with Gasteiger partial charge in [0.1, 0.15) is 6.10 Å². The van der Waals surface area contributed by atoms with E-state index in [4.69, 9.17) is 25.7 Å². The van der Waals surface area contributed by atoms with Crippen molar-refractivity contribution >= 4 is 23.6 Å². The van der Waals surface area contributed by atoms with Crippen LogP contribution < -0.4 is 16.8 Å². The van der Waals surface area contributed by atoms with E-state index in [1.165, 1.54) is 33.3 Å². The molecule has 6 atom stereocenters. The van der Waals surface area contributed by atoms with E-state index >= 15 is 0 Å². The third kappa shape index (κ3) is 8.22. The number of carbonyl (C=O) groups excluding carboxylic acids is 4. The van der Waals surface area contributed by atoms with Gasteiger partial charge in [-0.05, 0) is 38.2 Å². The van der Waals surface area contributed by atoms with E-state index in [0.29, 0.717) is 12.0 Å². The first-order valence-corrected chi connectivity index (χ1v) is 12.6. The number of rotatable bonds is 3. The highest BCUT2D eigenvalue weighted by Crippen LogP contribution is 2.28. The van der Waals surface area contributed by atoms with Crippen molar-refractivity contribution in [2.24, 2.45) is 23.3 Å². The second-order valence-corrected chi connectivity index (χ2v) is 9.97. The quantitative estimate of drug-likeness (QED) is 0.177. The molecule has 2 rings (SSSR count). The zero-order valence-corrected chi connectivity index (χ0v) is 23.2. The summed E-state index contributed by atoms with van der Waals surface area (Å²) in [6.07, 6.45) is 3.55. The van der Waals surface area contributed by atoms with Gasteiger partial charge in [0.15, 0.2) is 6.10 Å². The summed E-state index contributed by atoms with van der Waals surface area (Å²) in [5.41, 5.74) is 11.9.